The number of nitrogen functional groups attached to an aromatic ring is 2. The molecule has 0 atom stereocenters. The van der Waals surface area contributed by atoms with E-state index in [1.165, 1.54) is 0 Å². The van der Waals surface area contributed by atoms with Crippen molar-refractivity contribution in [1.82, 2.24) is 0 Å². The number of rotatable bonds is 2. The summed E-state index contributed by atoms with van der Waals surface area (Å²) < 4.78 is 0. The largest absolute Gasteiger partial charge is 0.397 e. The number of hydrogen-bond acceptors (Lipinski definition) is 2. The maximum Gasteiger partial charge on any atom is 0.0554 e. The predicted octanol–water partition coefficient (Wildman–Crippen LogP) is 4.19. The minimum Gasteiger partial charge on any atom is -0.397 e. The fourth-order valence-corrected chi connectivity index (χ4v) is 2.35. The van der Waals surface area contributed by atoms with E-state index in [0.717, 1.165) is 22.3 Å². The third kappa shape index (κ3) is 2.24. The number of hydrogen-bond donors (Lipinski definition) is 2. The fourth-order valence-electron chi connectivity index (χ4n) is 2.35. The molecule has 3 aromatic rings. The second kappa shape index (κ2) is 5.10. The van der Waals surface area contributed by atoms with Crippen LogP contribution in [0.15, 0.2) is 72.8 Å². The first-order valence-electron chi connectivity index (χ1n) is 6.55. The molecular formula is C18H16N2. The molecule has 2 heteroatoms. The normalized spacial score (nSPS) is 10.4. The number of benzene rings is 3. The van der Waals surface area contributed by atoms with Crippen molar-refractivity contribution in [2.45, 2.75) is 0 Å². The van der Waals surface area contributed by atoms with Crippen molar-refractivity contribution >= 4 is 11.4 Å². The first-order chi connectivity index (χ1) is 9.75. The van der Waals surface area contributed by atoms with Gasteiger partial charge in [0.25, 0.3) is 0 Å². The van der Waals surface area contributed by atoms with Gasteiger partial charge in [-0.05, 0) is 34.4 Å². The van der Waals surface area contributed by atoms with Crippen LogP contribution in [0.5, 0.6) is 0 Å². The lowest BCUT2D eigenvalue weighted by atomic mass is 9.93. The highest BCUT2D eigenvalue weighted by Gasteiger charge is 2.10. The predicted molar refractivity (Wildman–Crippen MR) is 86.1 cm³/mol. The summed E-state index contributed by atoms with van der Waals surface area (Å²) >= 11 is 0. The standard InChI is InChI=1S/C18H16N2/c19-17-11-15(13-7-3-1-4-8-13)16(12-18(17)20)14-9-5-2-6-10-14/h1-12H,19-20H2. The van der Waals surface area contributed by atoms with E-state index in [0.29, 0.717) is 11.4 Å². The molecule has 0 heterocycles. The SMILES string of the molecule is Nc1cc(-c2ccccc2)c(-c2ccccc2)cc1N. The Morgan fingerprint density at radius 2 is 0.850 bits per heavy atom. The van der Waals surface area contributed by atoms with E-state index in [2.05, 4.69) is 24.3 Å². The Morgan fingerprint density at radius 1 is 0.500 bits per heavy atom. The van der Waals surface area contributed by atoms with Gasteiger partial charge in [0.1, 0.15) is 0 Å². The van der Waals surface area contributed by atoms with Gasteiger partial charge < -0.3 is 11.5 Å². The van der Waals surface area contributed by atoms with Crippen molar-refractivity contribution in [3.8, 4) is 22.3 Å². The van der Waals surface area contributed by atoms with Crippen molar-refractivity contribution in [2.24, 2.45) is 0 Å². The number of anilines is 2. The van der Waals surface area contributed by atoms with Gasteiger partial charge in [-0.15, -0.1) is 0 Å². The van der Waals surface area contributed by atoms with Crippen LogP contribution in [0.25, 0.3) is 22.3 Å². The molecule has 3 rings (SSSR count). The minimum atomic E-state index is 0.614. The molecule has 4 N–H and O–H groups in total. The Bertz CT molecular complexity index is 655. The van der Waals surface area contributed by atoms with E-state index in [9.17, 15) is 0 Å². The Hall–Kier alpha value is -2.74. The molecule has 0 saturated heterocycles. The molecule has 20 heavy (non-hydrogen) atoms. The minimum absolute atomic E-state index is 0.614. The average Bonchev–Trinajstić information content (AvgIpc) is 2.51. The fraction of sp³-hybridized carbons (Fsp3) is 0. The zero-order valence-electron chi connectivity index (χ0n) is 11.1. The first kappa shape index (κ1) is 12.3. The van der Waals surface area contributed by atoms with Gasteiger partial charge in [0, 0.05) is 0 Å². The lowest BCUT2D eigenvalue weighted by Crippen LogP contribution is -1.97. The molecule has 0 amide bonds. The Morgan fingerprint density at radius 3 is 1.20 bits per heavy atom. The number of nitrogens with two attached hydrogens (primary N) is 2. The summed E-state index contributed by atoms with van der Waals surface area (Å²) in [5.74, 6) is 0. The third-order valence-corrected chi connectivity index (χ3v) is 3.39. The smallest absolute Gasteiger partial charge is 0.0554 e. The van der Waals surface area contributed by atoms with Gasteiger partial charge in [-0.25, -0.2) is 0 Å². The lowest BCUT2D eigenvalue weighted by Gasteiger charge is -2.13. The van der Waals surface area contributed by atoms with Crippen LogP contribution in [0.1, 0.15) is 0 Å². The second-order valence-electron chi connectivity index (χ2n) is 4.76. The van der Waals surface area contributed by atoms with Gasteiger partial charge in [-0.3, -0.25) is 0 Å². The van der Waals surface area contributed by atoms with Crippen LogP contribution in [0.3, 0.4) is 0 Å². The third-order valence-electron chi connectivity index (χ3n) is 3.39. The summed E-state index contributed by atoms with van der Waals surface area (Å²) in [5.41, 5.74) is 17.7. The molecule has 0 fully saturated rings. The summed E-state index contributed by atoms with van der Waals surface area (Å²) in [7, 11) is 0. The molecule has 3 aromatic carbocycles. The topological polar surface area (TPSA) is 52.0 Å². The Kier molecular flexibility index (Phi) is 3.13. The molecule has 2 nitrogen and oxygen atoms in total. The molecular weight excluding hydrogens is 244 g/mol. The molecule has 0 bridgehead atoms. The zero-order valence-corrected chi connectivity index (χ0v) is 11.1. The highest BCUT2D eigenvalue weighted by molar-refractivity contribution is 5.89. The van der Waals surface area contributed by atoms with Gasteiger partial charge in [-0.2, -0.15) is 0 Å². The summed E-state index contributed by atoms with van der Waals surface area (Å²) in [4.78, 5) is 0. The van der Waals surface area contributed by atoms with Crippen LogP contribution in [0, 0.1) is 0 Å². The molecule has 0 aliphatic rings. The van der Waals surface area contributed by atoms with Crippen LogP contribution >= 0.6 is 0 Å². The van der Waals surface area contributed by atoms with E-state index in [1.54, 1.807) is 0 Å². The average molecular weight is 260 g/mol. The highest BCUT2D eigenvalue weighted by atomic mass is 14.7. The van der Waals surface area contributed by atoms with Crippen LogP contribution < -0.4 is 11.5 Å². The summed E-state index contributed by atoms with van der Waals surface area (Å²) in [6.07, 6.45) is 0. The van der Waals surface area contributed by atoms with Crippen LogP contribution in [0.2, 0.25) is 0 Å². The van der Waals surface area contributed by atoms with Crippen molar-refractivity contribution in [2.75, 3.05) is 11.5 Å². The second-order valence-corrected chi connectivity index (χ2v) is 4.76. The molecule has 0 unspecified atom stereocenters. The maximum absolute atomic E-state index is 5.98. The van der Waals surface area contributed by atoms with E-state index in [4.69, 9.17) is 11.5 Å². The summed E-state index contributed by atoms with van der Waals surface area (Å²) in [5, 5.41) is 0. The molecule has 0 aliphatic carbocycles. The summed E-state index contributed by atoms with van der Waals surface area (Å²) in [6.45, 7) is 0. The van der Waals surface area contributed by atoms with Gasteiger partial charge in [0.15, 0.2) is 0 Å². The van der Waals surface area contributed by atoms with Crippen molar-refractivity contribution < 1.29 is 0 Å². The maximum atomic E-state index is 5.98. The Labute approximate surface area is 118 Å². The molecule has 0 aliphatic heterocycles. The van der Waals surface area contributed by atoms with Crippen LogP contribution in [0.4, 0.5) is 11.4 Å². The highest BCUT2D eigenvalue weighted by Crippen LogP contribution is 2.36. The Balaban J connectivity index is 2.26. The monoisotopic (exact) mass is 260 g/mol. The summed E-state index contributed by atoms with van der Waals surface area (Å²) in [6, 6.07) is 24.3. The lowest BCUT2D eigenvalue weighted by molar-refractivity contribution is 1.57. The molecule has 0 radical (unpaired) electrons. The van der Waals surface area contributed by atoms with E-state index in [-0.39, 0.29) is 0 Å². The van der Waals surface area contributed by atoms with E-state index >= 15 is 0 Å². The molecule has 98 valence electrons. The molecule has 0 saturated carbocycles. The van der Waals surface area contributed by atoms with Crippen LogP contribution in [-0.4, -0.2) is 0 Å². The van der Waals surface area contributed by atoms with E-state index in [1.807, 2.05) is 48.5 Å². The van der Waals surface area contributed by atoms with Gasteiger partial charge in [-0.1, -0.05) is 60.7 Å². The molecule has 0 spiro atoms. The zero-order chi connectivity index (χ0) is 13.9. The van der Waals surface area contributed by atoms with Crippen molar-refractivity contribution in [3.63, 3.8) is 0 Å². The van der Waals surface area contributed by atoms with Gasteiger partial charge >= 0.3 is 0 Å². The van der Waals surface area contributed by atoms with Crippen molar-refractivity contribution in [1.29, 1.82) is 0 Å². The van der Waals surface area contributed by atoms with Crippen LogP contribution in [-0.2, 0) is 0 Å². The molecule has 0 aromatic heterocycles. The quantitative estimate of drug-likeness (QED) is 0.679. The van der Waals surface area contributed by atoms with Gasteiger partial charge in [0.2, 0.25) is 0 Å². The van der Waals surface area contributed by atoms with E-state index < -0.39 is 0 Å². The van der Waals surface area contributed by atoms with Gasteiger partial charge in [0.05, 0.1) is 11.4 Å². The van der Waals surface area contributed by atoms with Crippen molar-refractivity contribution in [3.05, 3.63) is 72.8 Å². The first-order valence-corrected chi connectivity index (χ1v) is 6.55.